The first kappa shape index (κ1) is 45.8. The third kappa shape index (κ3) is 33.1. The molecule has 278 valence electrons. The Labute approximate surface area is 292 Å². The largest absolute Gasteiger partial charge is 0.394 e. The lowest BCUT2D eigenvalue weighted by atomic mass is 10.0. The Morgan fingerprint density at radius 3 is 1.30 bits per heavy atom. The standard InChI is InChI=1S/C42H81NO4/c1-3-5-7-9-11-13-15-17-18-19-20-21-22-23-24-25-27-29-31-33-35-37-41(46)42(47)43-39(38-44)40(45)36-34-32-30-28-26-16-14-12-10-8-6-4-2/h26,28,34,36,39-41,44-46H,3-25,27,29-33,35,37-38H2,1-2H3,(H,43,47)/b28-26+,36-34+. The number of allylic oxidation sites excluding steroid dienone is 3. The Morgan fingerprint density at radius 1 is 0.511 bits per heavy atom. The molecule has 0 radical (unpaired) electrons. The number of nitrogens with one attached hydrogen (secondary N) is 1. The summed E-state index contributed by atoms with van der Waals surface area (Å²) in [6.45, 7) is 4.15. The third-order valence-electron chi connectivity index (χ3n) is 9.54. The van der Waals surface area contributed by atoms with Gasteiger partial charge in [-0.1, -0.05) is 205 Å². The fourth-order valence-corrected chi connectivity index (χ4v) is 6.26. The number of unbranched alkanes of at least 4 members (excludes halogenated alkanes) is 27. The van der Waals surface area contributed by atoms with Crippen LogP contribution in [0.4, 0.5) is 0 Å². The van der Waals surface area contributed by atoms with Gasteiger partial charge in [0.2, 0.25) is 5.91 Å². The fraction of sp³-hybridized carbons (Fsp3) is 0.881. The molecule has 0 aliphatic heterocycles. The molecule has 5 nitrogen and oxygen atoms in total. The summed E-state index contributed by atoms with van der Waals surface area (Å²) in [7, 11) is 0. The number of hydrogen-bond acceptors (Lipinski definition) is 4. The van der Waals surface area contributed by atoms with E-state index in [1.165, 1.54) is 154 Å². The van der Waals surface area contributed by atoms with Crippen molar-refractivity contribution in [1.82, 2.24) is 5.32 Å². The molecule has 0 saturated heterocycles. The molecule has 3 atom stereocenters. The summed E-state index contributed by atoms with van der Waals surface area (Å²) in [5, 5.41) is 33.0. The van der Waals surface area contributed by atoms with Crippen LogP contribution >= 0.6 is 0 Å². The van der Waals surface area contributed by atoms with E-state index in [4.69, 9.17) is 0 Å². The minimum absolute atomic E-state index is 0.374. The van der Waals surface area contributed by atoms with Crippen LogP contribution in [0.15, 0.2) is 24.3 Å². The number of aliphatic hydroxyl groups excluding tert-OH is 3. The second-order valence-electron chi connectivity index (χ2n) is 14.2. The first-order valence-corrected chi connectivity index (χ1v) is 20.7. The fourth-order valence-electron chi connectivity index (χ4n) is 6.26. The summed E-state index contributed by atoms with van der Waals surface area (Å²) in [4.78, 5) is 12.4. The molecular weight excluding hydrogens is 582 g/mol. The molecule has 0 aromatic carbocycles. The Bertz CT molecular complexity index is 694. The molecule has 47 heavy (non-hydrogen) atoms. The first-order chi connectivity index (χ1) is 23.1. The maximum Gasteiger partial charge on any atom is 0.249 e. The van der Waals surface area contributed by atoms with Gasteiger partial charge >= 0.3 is 0 Å². The summed E-state index contributed by atoms with van der Waals surface area (Å²) < 4.78 is 0. The lowest BCUT2D eigenvalue weighted by Crippen LogP contribution is -2.48. The third-order valence-corrected chi connectivity index (χ3v) is 9.54. The highest BCUT2D eigenvalue weighted by Gasteiger charge is 2.22. The van der Waals surface area contributed by atoms with Gasteiger partial charge in [0.1, 0.15) is 6.10 Å². The molecule has 1 amide bonds. The minimum Gasteiger partial charge on any atom is -0.394 e. The van der Waals surface area contributed by atoms with Gasteiger partial charge in [-0.05, 0) is 32.1 Å². The molecule has 0 aromatic heterocycles. The smallest absolute Gasteiger partial charge is 0.249 e. The van der Waals surface area contributed by atoms with E-state index < -0.39 is 24.2 Å². The van der Waals surface area contributed by atoms with Crippen molar-refractivity contribution in [1.29, 1.82) is 0 Å². The highest BCUT2D eigenvalue weighted by Crippen LogP contribution is 2.16. The highest BCUT2D eigenvalue weighted by molar-refractivity contribution is 5.80. The van der Waals surface area contributed by atoms with Gasteiger partial charge in [0, 0.05) is 0 Å². The Morgan fingerprint density at radius 2 is 0.872 bits per heavy atom. The van der Waals surface area contributed by atoms with Gasteiger partial charge < -0.3 is 20.6 Å². The van der Waals surface area contributed by atoms with Crippen LogP contribution in [0, 0.1) is 0 Å². The lowest BCUT2D eigenvalue weighted by Gasteiger charge is -2.21. The van der Waals surface area contributed by atoms with Crippen LogP contribution in [-0.2, 0) is 4.79 Å². The van der Waals surface area contributed by atoms with Gasteiger partial charge in [-0.15, -0.1) is 0 Å². The van der Waals surface area contributed by atoms with Crippen LogP contribution in [0.1, 0.15) is 213 Å². The zero-order valence-electron chi connectivity index (χ0n) is 31.4. The Hall–Kier alpha value is -1.17. The summed E-state index contributed by atoms with van der Waals surface area (Å²) in [5.41, 5.74) is 0. The molecule has 0 rings (SSSR count). The van der Waals surface area contributed by atoms with E-state index in [0.29, 0.717) is 6.42 Å². The number of aliphatic hydroxyl groups is 3. The molecule has 0 saturated carbocycles. The number of carbonyl (C=O) groups excluding carboxylic acids is 1. The van der Waals surface area contributed by atoms with Gasteiger partial charge in [0.05, 0.1) is 18.8 Å². The van der Waals surface area contributed by atoms with Crippen molar-refractivity contribution in [2.45, 2.75) is 231 Å². The molecule has 4 N–H and O–H groups in total. The summed E-state index contributed by atoms with van der Waals surface area (Å²) in [6, 6.07) is -0.809. The highest BCUT2D eigenvalue weighted by atomic mass is 16.3. The molecule has 3 unspecified atom stereocenters. The second-order valence-corrected chi connectivity index (χ2v) is 14.2. The molecular formula is C42H81NO4. The molecule has 0 fully saturated rings. The van der Waals surface area contributed by atoms with E-state index in [9.17, 15) is 20.1 Å². The quantitative estimate of drug-likeness (QED) is 0.0393. The minimum atomic E-state index is -1.10. The average Bonchev–Trinajstić information content (AvgIpc) is 3.07. The van der Waals surface area contributed by atoms with Gasteiger partial charge in [0.15, 0.2) is 0 Å². The maximum absolute atomic E-state index is 12.4. The summed E-state index contributed by atoms with van der Waals surface area (Å²) >= 11 is 0. The second kappa shape index (κ2) is 37.6. The van der Waals surface area contributed by atoms with Crippen molar-refractivity contribution in [3.63, 3.8) is 0 Å². The molecule has 0 heterocycles. The number of hydrogen-bond donors (Lipinski definition) is 4. The first-order valence-electron chi connectivity index (χ1n) is 20.7. The molecule has 0 aliphatic carbocycles. The van der Waals surface area contributed by atoms with Crippen molar-refractivity contribution >= 4 is 5.91 Å². The predicted octanol–water partition coefficient (Wildman–Crippen LogP) is 11.4. The van der Waals surface area contributed by atoms with E-state index in [1.54, 1.807) is 6.08 Å². The van der Waals surface area contributed by atoms with Crippen LogP contribution in [-0.4, -0.2) is 46.1 Å². The van der Waals surface area contributed by atoms with Crippen molar-refractivity contribution in [2.75, 3.05) is 6.61 Å². The van der Waals surface area contributed by atoms with Gasteiger partial charge in [-0.3, -0.25) is 4.79 Å². The van der Waals surface area contributed by atoms with Gasteiger partial charge in [-0.2, -0.15) is 0 Å². The van der Waals surface area contributed by atoms with E-state index in [2.05, 4.69) is 31.3 Å². The molecule has 5 heteroatoms. The van der Waals surface area contributed by atoms with Crippen LogP contribution in [0.5, 0.6) is 0 Å². The van der Waals surface area contributed by atoms with Crippen LogP contribution in [0.2, 0.25) is 0 Å². The topological polar surface area (TPSA) is 89.8 Å². The molecule has 0 aromatic rings. The molecule has 0 spiro atoms. The molecule has 0 aliphatic rings. The maximum atomic E-state index is 12.4. The molecule has 0 bridgehead atoms. The van der Waals surface area contributed by atoms with Crippen LogP contribution < -0.4 is 5.32 Å². The average molecular weight is 664 g/mol. The zero-order valence-corrected chi connectivity index (χ0v) is 31.4. The normalized spacial score (nSPS) is 13.9. The van der Waals surface area contributed by atoms with E-state index in [-0.39, 0.29) is 6.61 Å². The SMILES string of the molecule is CCCCCCCC/C=C/CC/C=C/C(O)C(CO)NC(=O)C(O)CCCCCCCCCCCCCCCCCCCCCCC. The number of amides is 1. The van der Waals surface area contributed by atoms with Crippen molar-refractivity contribution in [3.8, 4) is 0 Å². The van der Waals surface area contributed by atoms with E-state index in [1.807, 2.05) is 6.08 Å². The monoisotopic (exact) mass is 664 g/mol. The van der Waals surface area contributed by atoms with Crippen LogP contribution in [0.25, 0.3) is 0 Å². The van der Waals surface area contributed by atoms with Gasteiger partial charge in [-0.25, -0.2) is 0 Å². The van der Waals surface area contributed by atoms with Gasteiger partial charge in [0.25, 0.3) is 0 Å². The number of rotatable bonds is 37. The summed E-state index contributed by atoms with van der Waals surface area (Å²) in [6.07, 6.45) is 44.9. The van der Waals surface area contributed by atoms with Crippen molar-refractivity contribution in [2.24, 2.45) is 0 Å². The predicted molar refractivity (Wildman–Crippen MR) is 204 cm³/mol. The number of carbonyl (C=O) groups is 1. The Balaban J connectivity index is 3.65. The Kier molecular flexibility index (Phi) is 36.7. The van der Waals surface area contributed by atoms with Crippen molar-refractivity contribution < 1.29 is 20.1 Å². The van der Waals surface area contributed by atoms with E-state index in [0.717, 1.165) is 38.5 Å². The van der Waals surface area contributed by atoms with Crippen LogP contribution in [0.3, 0.4) is 0 Å². The lowest BCUT2D eigenvalue weighted by molar-refractivity contribution is -0.131. The van der Waals surface area contributed by atoms with Crippen molar-refractivity contribution in [3.05, 3.63) is 24.3 Å². The zero-order chi connectivity index (χ0) is 34.5. The van der Waals surface area contributed by atoms with E-state index >= 15 is 0 Å². The summed E-state index contributed by atoms with van der Waals surface area (Å²) in [5.74, 6) is -0.512.